The highest BCUT2D eigenvalue weighted by atomic mass is 35.5. The van der Waals surface area contributed by atoms with Crippen LogP contribution in [0.15, 0.2) is 42.7 Å². The second-order valence-corrected chi connectivity index (χ2v) is 3.42. The van der Waals surface area contributed by atoms with E-state index >= 15 is 0 Å². The smallest absolute Gasteiger partial charge is 0.274 e. The summed E-state index contributed by atoms with van der Waals surface area (Å²) >= 11 is 5.70. The minimum absolute atomic E-state index is 0.275. The zero-order valence-electron chi connectivity index (χ0n) is 8.22. The third-order valence-electron chi connectivity index (χ3n) is 1.88. The summed E-state index contributed by atoms with van der Waals surface area (Å²) in [6.45, 7) is 0. The maximum absolute atomic E-state index is 11.7. The number of carbonyl (C=O) groups is 1. The Morgan fingerprint density at radius 2 is 2.06 bits per heavy atom. The van der Waals surface area contributed by atoms with Gasteiger partial charge in [0.1, 0.15) is 10.8 Å². The molecule has 0 atom stereocenters. The fourth-order valence-corrected chi connectivity index (χ4v) is 1.35. The third kappa shape index (κ3) is 2.55. The number of rotatable bonds is 2. The van der Waals surface area contributed by atoms with E-state index in [-0.39, 0.29) is 5.91 Å². The van der Waals surface area contributed by atoms with Gasteiger partial charge in [-0.2, -0.15) is 0 Å². The van der Waals surface area contributed by atoms with Crippen LogP contribution >= 0.6 is 11.6 Å². The van der Waals surface area contributed by atoms with E-state index in [0.717, 1.165) is 0 Å². The van der Waals surface area contributed by atoms with Crippen molar-refractivity contribution in [3.8, 4) is 0 Å². The van der Waals surface area contributed by atoms with Gasteiger partial charge < -0.3 is 5.32 Å². The molecule has 0 saturated heterocycles. The van der Waals surface area contributed by atoms with E-state index in [2.05, 4.69) is 15.3 Å². The lowest BCUT2D eigenvalue weighted by Crippen LogP contribution is -2.13. The predicted molar refractivity (Wildman–Crippen MR) is 61.4 cm³/mol. The lowest BCUT2D eigenvalue weighted by atomic mass is 10.3. The zero-order valence-corrected chi connectivity index (χ0v) is 8.98. The molecule has 4 nitrogen and oxygen atoms in total. The van der Waals surface area contributed by atoms with Crippen LogP contribution in [0.2, 0.25) is 5.15 Å². The summed E-state index contributed by atoms with van der Waals surface area (Å²) in [6, 6.07) is 8.37. The lowest BCUT2D eigenvalue weighted by Gasteiger charge is -2.03. The normalized spacial score (nSPS) is 9.81. The van der Waals surface area contributed by atoms with Crippen molar-refractivity contribution in [3.05, 3.63) is 53.6 Å². The second-order valence-electron chi connectivity index (χ2n) is 3.04. The average molecular weight is 234 g/mol. The topological polar surface area (TPSA) is 54.9 Å². The minimum Gasteiger partial charge on any atom is -0.320 e. The average Bonchev–Trinajstić information content (AvgIpc) is 2.30. The Kier molecular flexibility index (Phi) is 3.12. The monoisotopic (exact) mass is 233 g/mol. The number of nitrogens with one attached hydrogen (secondary N) is 1. The molecule has 0 aliphatic rings. The highest BCUT2D eigenvalue weighted by Gasteiger charge is 2.06. The van der Waals surface area contributed by atoms with Crippen LogP contribution in [0, 0.1) is 0 Å². The van der Waals surface area contributed by atoms with Gasteiger partial charge in [-0.1, -0.05) is 17.7 Å². The van der Waals surface area contributed by atoms with Crippen molar-refractivity contribution in [2.24, 2.45) is 0 Å². The molecule has 2 heterocycles. The minimum atomic E-state index is -0.275. The van der Waals surface area contributed by atoms with Gasteiger partial charge in [0.05, 0.1) is 0 Å². The van der Waals surface area contributed by atoms with Crippen LogP contribution in [0.5, 0.6) is 0 Å². The predicted octanol–water partition coefficient (Wildman–Crippen LogP) is 2.38. The molecule has 1 N–H and O–H groups in total. The molecule has 0 aromatic carbocycles. The SMILES string of the molecule is O=C(Nc1ccnc(Cl)c1)c1ccccn1. The van der Waals surface area contributed by atoms with Crippen molar-refractivity contribution in [1.82, 2.24) is 9.97 Å². The Labute approximate surface area is 97.3 Å². The standard InChI is InChI=1S/C11H8ClN3O/c12-10-7-8(4-6-14-10)15-11(16)9-3-1-2-5-13-9/h1-7H,(H,14,15,16). The molecule has 0 aliphatic carbocycles. The summed E-state index contributed by atoms with van der Waals surface area (Å²) in [6.07, 6.45) is 3.09. The summed E-state index contributed by atoms with van der Waals surface area (Å²) in [5.41, 5.74) is 0.950. The van der Waals surface area contributed by atoms with E-state index < -0.39 is 0 Å². The molecule has 0 saturated carbocycles. The molecule has 0 bridgehead atoms. The van der Waals surface area contributed by atoms with Gasteiger partial charge in [0.2, 0.25) is 0 Å². The fraction of sp³-hybridized carbons (Fsp3) is 0. The maximum Gasteiger partial charge on any atom is 0.274 e. The van der Waals surface area contributed by atoms with Crippen LogP contribution in [0.1, 0.15) is 10.5 Å². The number of halogens is 1. The second kappa shape index (κ2) is 4.72. The number of aromatic nitrogens is 2. The first kappa shape index (κ1) is 10.6. The molecular formula is C11H8ClN3O. The van der Waals surface area contributed by atoms with Gasteiger partial charge >= 0.3 is 0 Å². The molecule has 0 aliphatic heterocycles. The van der Waals surface area contributed by atoms with E-state index in [0.29, 0.717) is 16.5 Å². The van der Waals surface area contributed by atoms with Gasteiger partial charge in [0, 0.05) is 18.1 Å². The van der Waals surface area contributed by atoms with E-state index in [1.165, 1.54) is 6.20 Å². The van der Waals surface area contributed by atoms with Crippen molar-refractivity contribution in [1.29, 1.82) is 0 Å². The molecule has 1 amide bonds. The molecular weight excluding hydrogens is 226 g/mol. The molecule has 0 radical (unpaired) electrons. The Morgan fingerprint density at radius 1 is 1.19 bits per heavy atom. The van der Waals surface area contributed by atoms with Crippen LogP contribution in [0.25, 0.3) is 0 Å². The summed E-state index contributed by atoms with van der Waals surface area (Å²) < 4.78 is 0. The number of nitrogens with zero attached hydrogens (tertiary/aromatic N) is 2. The lowest BCUT2D eigenvalue weighted by molar-refractivity contribution is 0.102. The Hall–Kier alpha value is -1.94. The summed E-state index contributed by atoms with van der Waals surface area (Å²) in [5, 5.41) is 3.01. The van der Waals surface area contributed by atoms with Gasteiger partial charge in [0.15, 0.2) is 0 Å². The first-order valence-corrected chi connectivity index (χ1v) is 4.97. The van der Waals surface area contributed by atoms with Crippen LogP contribution in [0.4, 0.5) is 5.69 Å². The molecule has 0 unspecified atom stereocenters. The van der Waals surface area contributed by atoms with E-state index in [9.17, 15) is 4.79 Å². The van der Waals surface area contributed by atoms with Gasteiger partial charge in [-0.25, -0.2) is 4.98 Å². The molecule has 0 fully saturated rings. The first-order chi connectivity index (χ1) is 7.75. The van der Waals surface area contributed by atoms with Gasteiger partial charge in [0.25, 0.3) is 5.91 Å². The van der Waals surface area contributed by atoms with E-state index in [1.807, 2.05) is 0 Å². The highest BCUT2D eigenvalue weighted by Crippen LogP contribution is 2.12. The van der Waals surface area contributed by atoms with Crippen molar-refractivity contribution in [2.75, 3.05) is 5.32 Å². The maximum atomic E-state index is 11.7. The van der Waals surface area contributed by atoms with E-state index in [4.69, 9.17) is 11.6 Å². The van der Waals surface area contributed by atoms with Crippen LogP contribution in [0.3, 0.4) is 0 Å². The molecule has 0 spiro atoms. The number of hydrogen-bond acceptors (Lipinski definition) is 3. The molecule has 2 aromatic rings. The number of anilines is 1. The first-order valence-electron chi connectivity index (χ1n) is 4.59. The Balaban J connectivity index is 2.14. The molecule has 2 rings (SSSR count). The molecule has 2 aromatic heterocycles. The molecule has 5 heteroatoms. The summed E-state index contributed by atoms with van der Waals surface area (Å²) in [5.74, 6) is -0.275. The summed E-state index contributed by atoms with van der Waals surface area (Å²) in [4.78, 5) is 19.4. The van der Waals surface area contributed by atoms with Crippen molar-refractivity contribution in [2.45, 2.75) is 0 Å². The zero-order chi connectivity index (χ0) is 11.4. The highest BCUT2D eigenvalue weighted by molar-refractivity contribution is 6.29. The van der Waals surface area contributed by atoms with Crippen LogP contribution < -0.4 is 5.32 Å². The van der Waals surface area contributed by atoms with Crippen molar-refractivity contribution >= 4 is 23.2 Å². The van der Waals surface area contributed by atoms with E-state index in [1.54, 1.807) is 36.5 Å². The fourth-order valence-electron chi connectivity index (χ4n) is 1.17. The van der Waals surface area contributed by atoms with Gasteiger partial charge in [-0.3, -0.25) is 9.78 Å². The van der Waals surface area contributed by atoms with Gasteiger partial charge in [-0.05, 0) is 24.3 Å². The van der Waals surface area contributed by atoms with Crippen molar-refractivity contribution < 1.29 is 4.79 Å². The molecule has 16 heavy (non-hydrogen) atoms. The number of carbonyl (C=O) groups excluding carboxylic acids is 1. The van der Waals surface area contributed by atoms with Gasteiger partial charge in [-0.15, -0.1) is 0 Å². The molecule has 80 valence electrons. The summed E-state index contributed by atoms with van der Waals surface area (Å²) in [7, 11) is 0. The Bertz CT molecular complexity index is 502. The quantitative estimate of drug-likeness (QED) is 0.811. The number of hydrogen-bond donors (Lipinski definition) is 1. The third-order valence-corrected chi connectivity index (χ3v) is 2.09. The number of pyridine rings is 2. The van der Waals surface area contributed by atoms with Crippen LogP contribution in [-0.4, -0.2) is 15.9 Å². The number of amides is 1. The van der Waals surface area contributed by atoms with Crippen molar-refractivity contribution in [3.63, 3.8) is 0 Å². The largest absolute Gasteiger partial charge is 0.320 e. The van der Waals surface area contributed by atoms with Crippen LogP contribution in [-0.2, 0) is 0 Å². The Morgan fingerprint density at radius 3 is 2.75 bits per heavy atom.